The minimum Gasteiger partial charge on any atom is -0.398 e. The Balaban J connectivity index is 1.92. The number of hydrogen-bond acceptors (Lipinski definition) is 4. The van der Waals surface area contributed by atoms with Gasteiger partial charge in [-0.2, -0.15) is 0 Å². The van der Waals surface area contributed by atoms with Crippen molar-refractivity contribution in [3.63, 3.8) is 0 Å². The molecule has 2 aromatic rings. The first kappa shape index (κ1) is 9.66. The molecule has 1 aromatic carbocycles. The highest BCUT2D eigenvalue weighted by atomic mass is 32.1. The van der Waals surface area contributed by atoms with E-state index < -0.39 is 0 Å². The highest BCUT2D eigenvalue weighted by Gasteiger charge is 2.19. The largest absolute Gasteiger partial charge is 0.398 e. The second-order valence-electron chi connectivity index (χ2n) is 3.97. The smallest absolute Gasteiger partial charge is 0.185 e. The van der Waals surface area contributed by atoms with Gasteiger partial charge in [-0.25, -0.2) is 4.98 Å². The lowest BCUT2D eigenvalue weighted by Gasteiger charge is -2.29. The van der Waals surface area contributed by atoms with Crippen molar-refractivity contribution >= 4 is 22.2 Å². The quantitative estimate of drug-likeness (QED) is 0.766. The zero-order chi connectivity index (χ0) is 11.0. The Hall–Kier alpha value is -1.55. The van der Waals surface area contributed by atoms with Crippen LogP contribution in [0, 0.1) is 0 Å². The molecule has 0 saturated heterocycles. The fourth-order valence-corrected chi connectivity index (χ4v) is 2.84. The maximum atomic E-state index is 5.97. The maximum absolute atomic E-state index is 5.97. The van der Waals surface area contributed by atoms with Crippen LogP contribution in [0.3, 0.4) is 0 Å². The summed E-state index contributed by atoms with van der Waals surface area (Å²) in [5.41, 5.74) is 9.55. The van der Waals surface area contributed by atoms with Crippen LogP contribution >= 0.6 is 11.3 Å². The van der Waals surface area contributed by atoms with Crippen LogP contribution in [0.5, 0.6) is 0 Å². The molecule has 1 aliphatic rings. The molecule has 0 unspecified atom stereocenters. The lowest BCUT2D eigenvalue weighted by atomic mass is 9.98. The molecular weight excluding hydrogens is 218 g/mol. The van der Waals surface area contributed by atoms with Crippen molar-refractivity contribution in [2.24, 2.45) is 0 Å². The number of rotatable bonds is 1. The zero-order valence-electron chi connectivity index (χ0n) is 8.89. The van der Waals surface area contributed by atoms with Gasteiger partial charge < -0.3 is 10.6 Å². The molecule has 4 heteroatoms. The van der Waals surface area contributed by atoms with Crippen LogP contribution in [-0.2, 0) is 13.0 Å². The van der Waals surface area contributed by atoms with Crippen LogP contribution < -0.4 is 10.6 Å². The molecule has 0 aliphatic carbocycles. The number of anilines is 2. The SMILES string of the molecule is Nc1cccc2c1CCN(c1nccs1)C2. The van der Waals surface area contributed by atoms with Crippen molar-refractivity contribution in [1.29, 1.82) is 0 Å². The summed E-state index contributed by atoms with van der Waals surface area (Å²) in [6.45, 7) is 1.93. The summed E-state index contributed by atoms with van der Waals surface area (Å²) < 4.78 is 0. The van der Waals surface area contributed by atoms with Crippen molar-refractivity contribution in [2.75, 3.05) is 17.2 Å². The normalized spacial score (nSPS) is 14.9. The number of fused-ring (bicyclic) bond motifs is 1. The van der Waals surface area contributed by atoms with Crippen molar-refractivity contribution in [2.45, 2.75) is 13.0 Å². The van der Waals surface area contributed by atoms with Gasteiger partial charge in [0.15, 0.2) is 5.13 Å². The van der Waals surface area contributed by atoms with Crippen LogP contribution in [-0.4, -0.2) is 11.5 Å². The van der Waals surface area contributed by atoms with E-state index in [0.717, 1.165) is 30.3 Å². The first-order valence-electron chi connectivity index (χ1n) is 5.35. The van der Waals surface area contributed by atoms with Gasteiger partial charge in [-0.3, -0.25) is 0 Å². The van der Waals surface area contributed by atoms with Gasteiger partial charge in [0, 0.05) is 30.4 Å². The Morgan fingerprint density at radius 3 is 3.12 bits per heavy atom. The summed E-state index contributed by atoms with van der Waals surface area (Å²) in [7, 11) is 0. The van der Waals surface area contributed by atoms with E-state index in [1.54, 1.807) is 11.3 Å². The number of nitrogen functional groups attached to an aromatic ring is 1. The van der Waals surface area contributed by atoms with Gasteiger partial charge in [0.25, 0.3) is 0 Å². The van der Waals surface area contributed by atoms with Crippen LogP contribution in [0.15, 0.2) is 29.8 Å². The molecule has 1 aliphatic heterocycles. The summed E-state index contributed by atoms with van der Waals surface area (Å²) in [5.74, 6) is 0. The van der Waals surface area contributed by atoms with E-state index in [1.807, 2.05) is 23.7 Å². The zero-order valence-corrected chi connectivity index (χ0v) is 9.70. The minimum absolute atomic E-state index is 0.924. The van der Waals surface area contributed by atoms with Crippen LogP contribution in [0.25, 0.3) is 0 Å². The van der Waals surface area contributed by atoms with E-state index in [-0.39, 0.29) is 0 Å². The molecule has 2 heterocycles. The highest BCUT2D eigenvalue weighted by molar-refractivity contribution is 7.13. The van der Waals surface area contributed by atoms with Gasteiger partial charge >= 0.3 is 0 Å². The summed E-state index contributed by atoms with van der Waals surface area (Å²) in [6, 6.07) is 6.17. The van der Waals surface area contributed by atoms with Gasteiger partial charge in [-0.1, -0.05) is 12.1 Å². The molecule has 3 rings (SSSR count). The van der Waals surface area contributed by atoms with E-state index in [4.69, 9.17) is 5.73 Å². The molecule has 0 amide bonds. The first-order valence-corrected chi connectivity index (χ1v) is 6.23. The molecule has 0 bridgehead atoms. The molecule has 16 heavy (non-hydrogen) atoms. The molecule has 82 valence electrons. The van der Waals surface area contributed by atoms with Gasteiger partial charge in [-0.15, -0.1) is 11.3 Å². The van der Waals surface area contributed by atoms with E-state index in [0.29, 0.717) is 0 Å². The Kier molecular flexibility index (Phi) is 2.29. The second kappa shape index (κ2) is 3.79. The first-order chi connectivity index (χ1) is 7.84. The van der Waals surface area contributed by atoms with Crippen LogP contribution in [0.4, 0.5) is 10.8 Å². The molecule has 0 radical (unpaired) electrons. The Labute approximate surface area is 98.5 Å². The molecule has 2 N–H and O–H groups in total. The Morgan fingerprint density at radius 1 is 1.38 bits per heavy atom. The number of hydrogen-bond donors (Lipinski definition) is 1. The van der Waals surface area contributed by atoms with Crippen molar-refractivity contribution in [1.82, 2.24) is 4.98 Å². The third kappa shape index (κ3) is 1.55. The van der Waals surface area contributed by atoms with Gasteiger partial charge in [0.1, 0.15) is 0 Å². The topological polar surface area (TPSA) is 42.1 Å². The van der Waals surface area contributed by atoms with E-state index >= 15 is 0 Å². The third-order valence-electron chi connectivity index (χ3n) is 2.99. The van der Waals surface area contributed by atoms with Crippen LogP contribution in [0.2, 0.25) is 0 Å². The average Bonchev–Trinajstić information content (AvgIpc) is 2.82. The fourth-order valence-electron chi connectivity index (χ4n) is 2.17. The standard InChI is InChI=1S/C12H13N3S/c13-11-3-1-2-9-8-15(6-4-10(9)11)12-14-5-7-16-12/h1-3,5,7H,4,6,8,13H2. The van der Waals surface area contributed by atoms with Crippen molar-refractivity contribution in [3.8, 4) is 0 Å². The predicted octanol–water partition coefficient (Wildman–Crippen LogP) is 2.29. The second-order valence-corrected chi connectivity index (χ2v) is 4.84. The summed E-state index contributed by atoms with van der Waals surface area (Å²) >= 11 is 1.69. The number of nitrogens with two attached hydrogens (primary N) is 1. The third-order valence-corrected chi connectivity index (χ3v) is 3.82. The molecule has 3 nitrogen and oxygen atoms in total. The van der Waals surface area contributed by atoms with Crippen LogP contribution in [0.1, 0.15) is 11.1 Å². The van der Waals surface area contributed by atoms with Gasteiger partial charge in [0.05, 0.1) is 0 Å². The van der Waals surface area contributed by atoms with Crippen molar-refractivity contribution in [3.05, 3.63) is 40.9 Å². The lowest BCUT2D eigenvalue weighted by Crippen LogP contribution is -2.30. The summed E-state index contributed by atoms with van der Waals surface area (Å²) in [6.07, 6.45) is 2.87. The van der Waals surface area contributed by atoms with E-state index in [1.165, 1.54) is 11.1 Å². The lowest BCUT2D eigenvalue weighted by molar-refractivity contribution is 0.730. The predicted molar refractivity (Wildman–Crippen MR) is 67.7 cm³/mol. The number of nitrogens with zero attached hydrogens (tertiary/aromatic N) is 2. The Bertz CT molecular complexity index is 493. The maximum Gasteiger partial charge on any atom is 0.185 e. The fraction of sp³-hybridized carbons (Fsp3) is 0.250. The number of thiazole rings is 1. The van der Waals surface area contributed by atoms with Gasteiger partial charge in [0.2, 0.25) is 0 Å². The van der Waals surface area contributed by atoms with E-state index in [9.17, 15) is 0 Å². The number of aromatic nitrogens is 1. The minimum atomic E-state index is 0.924. The molecule has 0 fully saturated rings. The monoisotopic (exact) mass is 231 g/mol. The molecule has 0 atom stereocenters. The highest BCUT2D eigenvalue weighted by Crippen LogP contribution is 2.28. The average molecular weight is 231 g/mol. The number of benzene rings is 1. The molecular formula is C12H13N3S. The summed E-state index contributed by atoms with van der Waals surface area (Å²) in [4.78, 5) is 6.66. The molecule has 0 saturated carbocycles. The van der Waals surface area contributed by atoms with Crippen molar-refractivity contribution < 1.29 is 0 Å². The molecule has 1 aromatic heterocycles. The van der Waals surface area contributed by atoms with Gasteiger partial charge in [-0.05, 0) is 23.6 Å². The molecule has 0 spiro atoms. The van der Waals surface area contributed by atoms with E-state index in [2.05, 4.69) is 16.0 Å². The Morgan fingerprint density at radius 2 is 2.31 bits per heavy atom. The summed E-state index contributed by atoms with van der Waals surface area (Å²) in [5, 5.41) is 3.12.